The number of hydrogen-bond acceptors (Lipinski definition) is 3. The smallest absolute Gasteiger partial charge is 0.373 e. The zero-order valence-corrected chi connectivity index (χ0v) is 5.35. The molecule has 54 valence electrons. The van der Waals surface area contributed by atoms with Gasteiger partial charge in [-0.1, -0.05) is 0 Å². The number of carboxylic acids is 1. The van der Waals surface area contributed by atoms with Gasteiger partial charge in [0.25, 0.3) is 0 Å². The monoisotopic (exact) mass is 149 g/mol. The molecule has 0 atom stereocenters. The third-order valence-electron chi connectivity index (χ3n) is 0.959. The van der Waals surface area contributed by atoms with Crippen molar-refractivity contribution in [3.05, 3.63) is 29.6 Å². The van der Waals surface area contributed by atoms with Crippen LogP contribution in [0.15, 0.2) is 12.4 Å². The van der Waals surface area contributed by atoms with Crippen LogP contribution in [0.5, 0.6) is 0 Å². The fourth-order valence-electron chi connectivity index (χ4n) is 0.489. The minimum atomic E-state index is -1.19. The number of aromatic nitrogens is 2. The quantitative estimate of drug-likeness (QED) is 0.597. The van der Waals surface area contributed by atoms with E-state index in [1.165, 1.54) is 12.4 Å². The molecule has 1 heterocycles. The van der Waals surface area contributed by atoms with E-state index in [2.05, 4.69) is 14.8 Å². The lowest BCUT2D eigenvalue weighted by atomic mass is 10.5. The minimum Gasteiger partial charge on any atom is -0.475 e. The van der Waals surface area contributed by atoms with E-state index in [9.17, 15) is 4.79 Å². The van der Waals surface area contributed by atoms with Crippen molar-refractivity contribution < 1.29 is 9.90 Å². The molecular formula is C6H3N3O2. The Bertz CT molecular complexity index is 312. The lowest BCUT2D eigenvalue weighted by Crippen LogP contribution is -2.01. The van der Waals surface area contributed by atoms with Gasteiger partial charge >= 0.3 is 5.97 Å². The maximum Gasteiger partial charge on any atom is 0.373 e. The molecule has 0 unspecified atom stereocenters. The van der Waals surface area contributed by atoms with E-state index in [0.717, 1.165) is 0 Å². The number of rotatable bonds is 1. The molecule has 0 spiro atoms. The predicted octanol–water partition coefficient (Wildman–Crippen LogP) is 0.726. The summed E-state index contributed by atoms with van der Waals surface area (Å²) in [7, 11) is 0. The Hall–Kier alpha value is -1.96. The topological polar surface area (TPSA) is 67.4 Å². The number of hydrogen-bond donors (Lipinski definition) is 1. The van der Waals surface area contributed by atoms with Crippen LogP contribution in [0.25, 0.3) is 4.85 Å². The zero-order valence-electron chi connectivity index (χ0n) is 5.35. The van der Waals surface area contributed by atoms with Gasteiger partial charge in [-0.3, -0.25) is 0 Å². The molecule has 0 saturated heterocycles. The summed E-state index contributed by atoms with van der Waals surface area (Å²) in [6.45, 7) is 6.52. The van der Waals surface area contributed by atoms with Crippen LogP contribution in [0, 0.1) is 6.57 Å². The molecule has 0 aliphatic carbocycles. The third-order valence-corrected chi connectivity index (χ3v) is 0.959. The van der Waals surface area contributed by atoms with Crippen molar-refractivity contribution >= 4 is 11.7 Å². The molecule has 0 bridgehead atoms. The first-order valence-electron chi connectivity index (χ1n) is 2.67. The fraction of sp³-hybridized carbons (Fsp3) is 0. The van der Waals surface area contributed by atoms with E-state index in [0.29, 0.717) is 0 Å². The van der Waals surface area contributed by atoms with Crippen molar-refractivity contribution in [2.24, 2.45) is 0 Å². The number of aromatic carboxylic acids is 1. The Morgan fingerprint density at radius 2 is 2.09 bits per heavy atom. The van der Waals surface area contributed by atoms with Crippen LogP contribution in [0.4, 0.5) is 5.69 Å². The lowest BCUT2D eigenvalue weighted by Gasteiger charge is -1.89. The molecule has 5 heteroatoms. The van der Waals surface area contributed by atoms with E-state index in [1.54, 1.807) is 0 Å². The molecule has 0 fully saturated rings. The summed E-state index contributed by atoms with van der Waals surface area (Å²) < 4.78 is 0. The number of nitrogens with zero attached hydrogens (tertiary/aromatic N) is 3. The molecule has 0 aromatic carbocycles. The average Bonchev–Trinajstić information content (AvgIpc) is 2.05. The zero-order chi connectivity index (χ0) is 8.27. The number of carboxylic acid groups (broad SMARTS) is 1. The normalized spacial score (nSPS) is 8.64. The van der Waals surface area contributed by atoms with Gasteiger partial charge in [0.05, 0.1) is 6.57 Å². The first-order valence-corrected chi connectivity index (χ1v) is 2.67. The van der Waals surface area contributed by atoms with E-state index < -0.39 is 5.97 Å². The second-order valence-electron chi connectivity index (χ2n) is 1.68. The van der Waals surface area contributed by atoms with Crippen molar-refractivity contribution in [1.29, 1.82) is 0 Å². The standard InChI is InChI=1S/C6H3N3O2/c1-7-4-2-8-5(6(10)11)9-3-4/h2-3H,(H,10,11). The van der Waals surface area contributed by atoms with Crippen LogP contribution in [0.3, 0.4) is 0 Å². The van der Waals surface area contributed by atoms with Crippen LogP contribution >= 0.6 is 0 Å². The van der Waals surface area contributed by atoms with E-state index in [1.807, 2.05) is 0 Å². The third kappa shape index (κ3) is 1.49. The maximum absolute atomic E-state index is 10.2. The lowest BCUT2D eigenvalue weighted by molar-refractivity contribution is 0.0683. The van der Waals surface area contributed by atoms with Gasteiger partial charge in [-0.25, -0.2) is 19.6 Å². The Morgan fingerprint density at radius 3 is 2.45 bits per heavy atom. The molecule has 1 rings (SSSR count). The fourth-order valence-corrected chi connectivity index (χ4v) is 0.489. The highest BCUT2D eigenvalue weighted by Gasteiger charge is 2.04. The molecule has 1 aromatic heterocycles. The van der Waals surface area contributed by atoms with Crippen molar-refractivity contribution in [2.75, 3.05) is 0 Å². The van der Waals surface area contributed by atoms with Crippen molar-refractivity contribution in [1.82, 2.24) is 9.97 Å². The summed E-state index contributed by atoms with van der Waals surface area (Å²) in [4.78, 5) is 20.1. The van der Waals surface area contributed by atoms with Crippen LogP contribution in [-0.4, -0.2) is 21.0 Å². The van der Waals surface area contributed by atoms with Gasteiger partial charge in [0, 0.05) is 12.4 Å². The molecular weight excluding hydrogens is 146 g/mol. The SMILES string of the molecule is [C-]#[N+]c1cnc(C(=O)O)nc1. The van der Waals surface area contributed by atoms with Gasteiger partial charge < -0.3 is 5.11 Å². The van der Waals surface area contributed by atoms with Gasteiger partial charge in [-0.15, -0.1) is 0 Å². The Kier molecular flexibility index (Phi) is 1.79. The molecule has 0 radical (unpaired) electrons. The largest absolute Gasteiger partial charge is 0.475 e. The van der Waals surface area contributed by atoms with Crippen molar-refractivity contribution in [3.8, 4) is 0 Å². The summed E-state index contributed by atoms with van der Waals surface area (Å²) in [6, 6.07) is 0. The number of carbonyl (C=O) groups is 1. The second kappa shape index (κ2) is 2.75. The van der Waals surface area contributed by atoms with Crippen LogP contribution < -0.4 is 0 Å². The molecule has 11 heavy (non-hydrogen) atoms. The predicted molar refractivity (Wildman–Crippen MR) is 35.3 cm³/mol. The highest BCUT2D eigenvalue weighted by Crippen LogP contribution is 2.05. The van der Waals surface area contributed by atoms with Crippen LogP contribution in [-0.2, 0) is 0 Å². The molecule has 0 aliphatic rings. The maximum atomic E-state index is 10.2. The Balaban J connectivity index is 3.03. The van der Waals surface area contributed by atoms with Gasteiger partial charge in [0.2, 0.25) is 11.5 Å². The molecule has 0 amide bonds. The summed E-state index contributed by atoms with van der Waals surface area (Å²) in [6.07, 6.45) is 2.34. The van der Waals surface area contributed by atoms with E-state index in [-0.39, 0.29) is 11.5 Å². The first kappa shape index (κ1) is 7.15. The van der Waals surface area contributed by atoms with Gasteiger partial charge in [-0.05, 0) is 0 Å². The summed E-state index contributed by atoms with van der Waals surface area (Å²) in [5, 5.41) is 8.35. The van der Waals surface area contributed by atoms with Crippen LogP contribution in [0.2, 0.25) is 0 Å². The summed E-state index contributed by atoms with van der Waals surface area (Å²) in [5.41, 5.74) is 0.231. The van der Waals surface area contributed by atoms with E-state index >= 15 is 0 Å². The minimum absolute atomic E-state index is 0.231. The molecule has 0 saturated carbocycles. The second-order valence-corrected chi connectivity index (χ2v) is 1.68. The summed E-state index contributed by atoms with van der Waals surface area (Å²) >= 11 is 0. The van der Waals surface area contributed by atoms with Crippen LogP contribution in [0.1, 0.15) is 10.6 Å². The first-order chi connectivity index (χ1) is 5.24. The molecule has 1 N–H and O–H groups in total. The van der Waals surface area contributed by atoms with Gasteiger partial charge in [0.15, 0.2) is 0 Å². The van der Waals surface area contributed by atoms with Crippen molar-refractivity contribution in [3.63, 3.8) is 0 Å². The highest BCUT2D eigenvalue weighted by molar-refractivity contribution is 5.83. The van der Waals surface area contributed by atoms with Crippen molar-refractivity contribution in [2.45, 2.75) is 0 Å². The summed E-state index contributed by atoms with van der Waals surface area (Å²) in [5.74, 6) is -1.49. The van der Waals surface area contributed by atoms with E-state index in [4.69, 9.17) is 11.7 Å². The molecule has 5 nitrogen and oxygen atoms in total. The molecule has 1 aromatic rings. The highest BCUT2D eigenvalue weighted by atomic mass is 16.4. The average molecular weight is 149 g/mol. The van der Waals surface area contributed by atoms with Gasteiger partial charge in [-0.2, -0.15) is 0 Å². The molecule has 0 aliphatic heterocycles. The van der Waals surface area contributed by atoms with Gasteiger partial charge in [0.1, 0.15) is 0 Å². The Morgan fingerprint density at radius 1 is 1.55 bits per heavy atom. The Labute approximate surface area is 62.2 Å².